The number of hydrogen-bond donors (Lipinski definition) is 1. The van der Waals surface area contributed by atoms with Crippen molar-refractivity contribution in [2.75, 3.05) is 31.6 Å². The number of benzene rings is 2. The lowest BCUT2D eigenvalue weighted by atomic mass is 10.2. The van der Waals surface area contributed by atoms with Gasteiger partial charge in [0.2, 0.25) is 0 Å². The van der Waals surface area contributed by atoms with Crippen LogP contribution >= 0.6 is 0 Å². The lowest BCUT2D eigenvalue weighted by Crippen LogP contribution is -2.41. The number of carbonyl (C=O) groups excluding carboxylic acids is 1. The van der Waals surface area contributed by atoms with Crippen LogP contribution in [0.5, 0.6) is 11.5 Å². The monoisotopic (exact) mass is 376 g/mol. The molecule has 1 N–H and O–H groups in total. The summed E-state index contributed by atoms with van der Waals surface area (Å²) in [6.45, 7) is 2.23. The second kappa shape index (κ2) is 8.49. The Bertz CT molecular complexity index is 943. The predicted octanol–water partition coefficient (Wildman–Crippen LogP) is 3.48. The molecule has 1 aliphatic heterocycles. The van der Waals surface area contributed by atoms with Crippen molar-refractivity contribution in [3.63, 3.8) is 0 Å². The average molecular weight is 376 g/mol. The number of nitrogens with zero attached hydrogens (tertiary/aromatic N) is 3. The number of hydrogen-bond acceptors (Lipinski definition) is 6. The maximum atomic E-state index is 12.6. The largest absolute Gasteiger partial charge is 0.455 e. The standard InChI is InChI=1S/C21H20N4O3/c26-21(25-10-12-27-13-11-25)18-14-20(23-15-22-18)24-17-8-4-5-9-19(17)28-16-6-2-1-3-7-16/h1-9,14-15H,10-13H2,(H,22,23,24). The fourth-order valence-corrected chi connectivity index (χ4v) is 2.88. The molecule has 7 heteroatoms. The third kappa shape index (κ3) is 4.27. The molecule has 142 valence electrons. The Balaban J connectivity index is 1.52. The van der Waals surface area contributed by atoms with Gasteiger partial charge in [-0.1, -0.05) is 30.3 Å². The van der Waals surface area contributed by atoms with Crippen molar-refractivity contribution < 1.29 is 14.3 Å². The molecule has 1 fully saturated rings. The van der Waals surface area contributed by atoms with Crippen molar-refractivity contribution in [2.45, 2.75) is 0 Å². The first-order chi connectivity index (χ1) is 13.8. The van der Waals surface area contributed by atoms with Gasteiger partial charge in [0.05, 0.1) is 18.9 Å². The Kier molecular flexibility index (Phi) is 5.44. The van der Waals surface area contributed by atoms with E-state index < -0.39 is 0 Å². The van der Waals surface area contributed by atoms with Crippen molar-refractivity contribution in [1.29, 1.82) is 0 Å². The zero-order chi connectivity index (χ0) is 19.2. The third-order valence-corrected chi connectivity index (χ3v) is 4.31. The second-order valence-corrected chi connectivity index (χ2v) is 6.23. The zero-order valence-corrected chi connectivity index (χ0v) is 15.2. The molecule has 1 aromatic heterocycles. The summed E-state index contributed by atoms with van der Waals surface area (Å²) in [5, 5.41) is 3.22. The molecule has 2 aromatic carbocycles. The summed E-state index contributed by atoms with van der Waals surface area (Å²) in [5.74, 6) is 1.80. The molecule has 1 amide bonds. The topological polar surface area (TPSA) is 76.6 Å². The van der Waals surface area contributed by atoms with Gasteiger partial charge in [-0.3, -0.25) is 4.79 Å². The molecule has 7 nitrogen and oxygen atoms in total. The maximum absolute atomic E-state index is 12.6. The van der Waals surface area contributed by atoms with Crippen LogP contribution in [0.15, 0.2) is 67.0 Å². The zero-order valence-electron chi connectivity index (χ0n) is 15.2. The van der Waals surface area contributed by atoms with E-state index in [0.29, 0.717) is 43.6 Å². The summed E-state index contributed by atoms with van der Waals surface area (Å²) < 4.78 is 11.3. The highest BCUT2D eigenvalue weighted by molar-refractivity contribution is 5.93. The Morgan fingerprint density at radius 1 is 1.00 bits per heavy atom. The van der Waals surface area contributed by atoms with Crippen LogP contribution in [0.4, 0.5) is 11.5 Å². The first kappa shape index (κ1) is 17.9. The fraction of sp³-hybridized carbons (Fsp3) is 0.190. The summed E-state index contributed by atoms with van der Waals surface area (Å²) in [6.07, 6.45) is 1.39. The molecule has 0 aliphatic carbocycles. The number of morpholine rings is 1. The van der Waals surface area contributed by atoms with E-state index in [9.17, 15) is 4.79 Å². The van der Waals surface area contributed by atoms with Crippen LogP contribution < -0.4 is 10.1 Å². The molecule has 0 atom stereocenters. The van der Waals surface area contributed by atoms with Crippen LogP contribution in [-0.2, 0) is 4.74 Å². The maximum Gasteiger partial charge on any atom is 0.272 e. The number of aromatic nitrogens is 2. The molecule has 4 rings (SSSR count). The number of nitrogens with one attached hydrogen (secondary N) is 1. The molecular formula is C21H20N4O3. The summed E-state index contributed by atoms with van der Waals surface area (Å²) in [6, 6.07) is 18.8. The molecule has 0 unspecified atom stereocenters. The van der Waals surface area contributed by atoms with Gasteiger partial charge in [0.1, 0.15) is 23.6 Å². The fourth-order valence-electron chi connectivity index (χ4n) is 2.88. The van der Waals surface area contributed by atoms with E-state index in [0.717, 1.165) is 11.4 Å². The van der Waals surface area contributed by atoms with E-state index in [1.807, 2.05) is 54.6 Å². The van der Waals surface area contributed by atoms with E-state index >= 15 is 0 Å². The first-order valence-electron chi connectivity index (χ1n) is 9.07. The predicted molar refractivity (Wildman–Crippen MR) is 105 cm³/mol. The van der Waals surface area contributed by atoms with E-state index in [2.05, 4.69) is 15.3 Å². The average Bonchev–Trinajstić information content (AvgIpc) is 2.76. The van der Waals surface area contributed by atoms with Crippen LogP contribution in [0, 0.1) is 0 Å². The Labute approximate surface area is 163 Å². The van der Waals surface area contributed by atoms with Crippen molar-refractivity contribution in [2.24, 2.45) is 0 Å². The van der Waals surface area contributed by atoms with Crippen molar-refractivity contribution in [3.05, 3.63) is 72.7 Å². The van der Waals surface area contributed by atoms with Gasteiger partial charge in [-0.25, -0.2) is 9.97 Å². The van der Waals surface area contributed by atoms with Gasteiger partial charge < -0.3 is 19.7 Å². The summed E-state index contributed by atoms with van der Waals surface area (Å²) in [7, 11) is 0. The highest BCUT2D eigenvalue weighted by atomic mass is 16.5. The van der Waals surface area contributed by atoms with Crippen LogP contribution in [0.25, 0.3) is 0 Å². The highest BCUT2D eigenvalue weighted by Gasteiger charge is 2.20. The molecule has 0 bridgehead atoms. The number of rotatable bonds is 5. The molecule has 0 radical (unpaired) electrons. The van der Waals surface area contributed by atoms with Gasteiger partial charge in [-0.05, 0) is 24.3 Å². The smallest absolute Gasteiger partial charge is 0.272 e. The van der Waals surface area contributed by atoms with Crippen LogP contribution in [-0.4, -0.2) is 47.1 Å². The minimum absolute atomic E-state index is 0.123. The van der Waals surface area contributed by atoms with E-state index in [-0.39, 0.29) is 5.91 Å². The second-order valence-electron chi connectivity index (χ2n) is 6.23. The van der Waals surface area contributed by atoms with Gasteiger partial charge >= 0.3 is 0 Å². The normalized spacial score (nSPS) is 13.8. The molecule has 2 heterocycles. The Morgan fingerprint density at radius 2 is 1.75 bits per heavy atom. The minimum atomic E-state index is -0.123. The molecule has 0 spiro atoms. The lowest BCUT2D eigenvalue weighted by Gasteiger charge is -2.26. The van der Waals surface area contributed by atoms with Crippen molar-refractivity contribution in [1.82, 2.24) is 14.9 Å². The number of para-hydroxylation sites is 3. The SMILES string of the molecule is O=C(c1cc(Nc2ccccc2Oc2ccccc2)ncn1)N1CCOCC1. The Hall–Kier alpha value is -3.45. The number of anilines is 2. The molecule has 1 saturated heterocycles. The van der Waals surface area contributed by atoms with E-state index in [1.165, 1.54) is 6.33 Å². The quantitative estimate of drug-likeness (QED) is 0.735. The van der Waals surface area contributed by atoms with Gasteiger partial charge in [0.25, 0.3) is 5.91 Å². The molecular weight excluding hydrogens is 356 g/mol. The number of ether oxygens (including phenoxy) is 2. The summed E-state index contributed by atoms with van der Waals surface area (Å²) in [5.41, 5.74) is 1.09. The molecule has 3 aromatic rings. The van der Waals surface area contributed by atoms with E-state index in [1.54, 1.807) is 11.0 Å². The summed E-state index contributed by atoms with van der Waals surface area (Å²) >= 11 is 0. The van der Waals surface area contributed by atoms with Gasteiger partial charge in [0, 0.05) is 19.2 Å². The molecule has 28 heavy (non-hydrogen) atoms. The first-order valence-corrected chi connectivity index (χ1v) is 9.07. The minimum Gasteiger partial charge on any atom is -0.455 e. The van der Waals surface area contributed by atoms with Crippen molar-refractivity contribution in [3.8, 4) is 11.5 Å². The van der Waals surface area contributed by atoms with Gasteiger partial charge in [0.15, 0.2) is 5.75 Å². The molecule has 0 saturated carbocycles. The number of amides is 1. The lowest BCUT2D eigenvalue weighted by molar-refractivity contribution is 0.0299. The van der Waals surface area contributed by atoms with Gasteiger partial charge in [-0.2, -0.15) is 0 Å². The van der Waals surface area contributed by atoms with Crippen LogP contribution in [0.3, 0.4) is 0 Å². The van der Waals surface area contributed by atoms with Crippen LogP contribution in [0.1, 0.15) is 10.5 Å². The highest BCUT2D eigenvalue weighted by Crippen LogP contribution is 2.31. The number of carbonyl (C=O) groups is 1. The summed E-state index contributed by atoms with van der Waals surface area (Å²) in [4.78, 5) is 22.7. The van der Waals surface area contributed by atoms with Crippen LogP contribution in [0.2, 0.25) is 0 Å². The van der Waals surface area contributed by atoms with E-state index in [4.69, 9.17) is 9.47 Å². The van der Waals surface area contributed by atoms with Crippen molar-refractivity contribution >= 4 is 17.4 Å². The van der Waals surface area contributed by atoms with Gasteiger partial charge in [-0.15, -0.1) is 0 Å². The molecule has 1 aliphatic rings. The third-order valence-electron chi connectivity index (χ3n) is 4.31. The Morgan fingerprint density at radius 3 is 2.57 bits per heavy atom.